The maximum Gasteiger partial charge on any atom is 0.149 e. The molecule has 0 aliphatic rings. The summed E-state index contributed by atoms with van der Waals surface area (Å²) in [6.45, 7) is 20.3. The van der Waals surface area contributed by atoms with Gasteiger partial charge in [0.2, 0.25) is 0 Å². The summed E-state index contributed by atoms with van der Waals surface area (Å²) in [6, 6.07) is 33.6. The second-order valence-corrected chi connectivity index (χ2v) is 15.5. The molecule has 0 saturated heterocycles. The maximum absolute atomic E-state index is 11.1. The highest BCUT2D eigenvalue weighted by Gasteiger charge is 2.25. The van der Waals surface area contributed by atoms with E-state index in [0.717, 1.165) is 39.1 Å². The van der Waals surface area contributed by atoms with Crippen LogP contribution in [0.2, 0.25) is 0 Å². The number of phenolic OH excluding ortho intramolecular Hbond substituents is 1. The SMILES string of the molecule is CC(C)(C)c1cc(-c2ccccn2)cc(-c2cccc3c2nc(-c2ccccc2O)n3-c2cc(C(C)(C)C)cc(C(C)(C)C)c2)c1. The molecule has 6 rings (SSSR count). The minimum Gasteiger partial charge on any atom is -0.507 e. The Bertz CT molecular complexity index is 2020. The minimum absolute atomic E-state index is 0.0537. The first-order chi connectivity index (χ1) is 21.6. The lowest BCUT2D eigenvalue weighted by Crippen LogP contribution is -2.17. The van der Waals surface area contributed by atoms with E-state index in [-0.39, 0.29) is 22.0 Å². The lowest BCUT2D eigenvalue weighted by Gasteiger charge is -2.27. The number of hydrogen-bond acceptors (Lipinski definition) is 3. The second-order valence-electron chi connectivity index (χ2n) is 15.5. The standard InChI is InChI=1S/C42H45N3O/c1-40(2,3)29-22-27(21-28(23-29)35-17-12-13-20-43-35)33-16-14-18-36-38(33)44-39(34-15-10-11-19-37(34)46)45(36)32-25-30(41(4,5)6)24-31(26-32)42(7,8)9/h10-26,46H,1-9H3. The Morgan fingerprint density at radius 1 is 0.565 bits per heavy atom. The molecule has 0 saturated carbocycles. The molecule has 0 aliphatic heterocycles. The van der Waals surface area contributed by atoms with Gasteiger partial charge in [-0.15, -0.1) is 0 Å². The van der Waals surface area contributed by atoms with E-state index in [4.69, 9.17) is 4.98 Å². The highest BCUT2D eigenvalue weighted by atomic mass is 16.3. The van der Waals surface area contributed by atoms with Gasteiger partial charge in [-0.2, -0.15) is 0 Å². The van der Waals surface area contributed by atoms with Crippen LogP contribution in [0.1, 0.15) is 79.0 Å². The summed E-state index contributed by atoms with van der Waals surface area (Å²) >= 11 is 0. The van der Waals surface area contributed by atoms with Gasteiger partial charge in [-0.3, -0.25) is 9.55 Å². The summed E-state index contributed by atoms with van der Waals surface area (Å²) in [6.07, 6.45) is 1.84. The molecule has 0 amide bonds. The number of imidazole rings is 1. The molecule has 234 valence electrons. The molecule has 0 radical (unpaired) electrons. The van der Waals surface area contributed by atoms with Crippen LogP contribution in [0.15, 0.2) is 103 Å². The highest BCUT2D eigenvalue weighted by Crippen LogP contribution is 2.41. The first-order valence-corrected chi connectivity index (χ1v) is 16.1. The van der Waals surface area contributed by atoms with Gasteiger partial charge in [0.25, 0.3) is 0 Å². The van der Waals surface area contributed by atoms with Crippen molar-refractivity contribution in [3.63, 3.8) is 0 Å². The lowest BCUT2D eigenvalue weighted by atomic mass is 9.80. The van der Waals surface area contributed by atoms with Gasteiger partial charge in [0, 0.05) is 23.0 Å². The smallest absolute Gasteiger partial charge is 0.149 e. The van der Waals surface area contributed by atoms with Crippen molar-refractivity contribution in [3.05, 3.63) is 120 Å². The van der Waals surface area contributed by atoms with Crippen LogP contribution in [-0.2, 0) is 16.2 Å². The molecule has 4 nitrogen and oxygen atoms in total. The molecule has 0 unspecified atom stereocenters. The Balaban J connectivity index is 1.70. The summed E-state index contributed by atoms with van der Waals surface area (Å²) in [5.74, 6) is 0.916. The fourth-order valence-electron chi connectivity index (χ4n) is 5.94. The molecular formula is C42H45N3O. The van der Waals surface area contributed by atoms with Crippen LogP contribution in [-0.4, -0.2) is 19.6 Å². The Hall–Kier alpha value is -4.70. The van der Waals surface area contributed by atoms with Gasteiger partial charge in [0.05, 0.1) is 22.3 Å². The molecule has 1 N–H and O–H groups in total. The summed E-state index contributed by atoms with van der Waals surface area (Å²) in [4.78, 5) is 10.0. The predicted molar refractivity (Wildman–Crippen MR) is 193 cm³/mol. The van der Waals surface area contributed by atoms with Crippen molar-refractivity contribution in [2.24, 2.45) is 0 Å². The highest BCUT2D eigenvalue weighted by molar-refractivity contribution is 5.96. The fourth-order valence-corrected chi connectivity index (χ4v) is 5.94. The number of para-hydroxylation sites is 2. The summed E-state index contributed by atoms with van der Waals surface area (Å²) in [5.41, 5.74) is 11.3. The third kappa shape index (κ3) is 5.97. The number of pyridine rings is 1. The molecule has 0 aliphatic carbocycles. The molecule has 2 aromatic heterocycles. The molecule has 4 aromatic carbocycles. The van der Waals surface area contributed by atoms with Crippen molar-refractivity contribution in [3.8, 4) is 45.2 Å². The summed E-state index contributed by atoms with van der Waals surface area (Å²) in [7, 11) is 0. The third-order valence-corrected chi connectivity index (χ3v) is 8.81. The van der Waals surface area contributed by atoms with Gasteiger partial charge in [0.1, 0.15) is 11.6 Å². The predicted octanol–water partition coefficient (Wildman–Crippen LogP) is 11.0. The Morgan fingerprint density at radius 2 is 1.15 bits per heavy atom. The first-order valence-electron chi connectivity index (χ1n) is 16.1. The van der Waals surface area contributed by atoms with Crippen LogP contribution in [0.4, 0.5) is 0 Å². The third-order valence-electron chi connectivity index (χ3n) is 8.81. The van der Waals surface area contributed by atoms with E-state index >= 15 is 0 Å². The zero-order valence-corrected chi connectivity index (χ0v) is 28.6. The molecule has 46 heavy (non-hydrogen) atoms. The molecule has 0 fully saturated rings. The van der Waals surface area contributed by atoms with Crippen LogP contribution >= 0.6 is 0 Å². The first kappa shape index (κ1) is 31.3. The second kappa shape index (κ2) is 11.3. The average molecular weight is 608 g/mol. The fraction of sp³-hybridized carbons (Fsp3) is 0.286. The van der Waals surface area contributed by atoms with Crippen molar-refractivity contribution in [1.82, 2.24) is 14.5 Å². The molecule has 0 atom stereocenters. The van der Waals surface area contributed by atoms with Crippen LogP contribution in [0.5, 0.6) is 5.75 Å². The van der Waals surface area contributed by atoms with Gasteiger partial charge >= 0.3 is 0 Å². The summed E-state index contributed by atoms with van der Waals surface area (Å²) in [5, 5.41) is 11.1. The zero-order valence-electron chi connectivity index (χ0n) is 28.6. The zero-order chi connectivity index (χ0) is 33.0. The van der Waals surface area contributed by atoms with Crippen LogP contribution < -0.4 is 0 Å². The van der Waals surface area contributed by atoms with E-state index < -0.39 is 0 Å². The number of aromatic hydroxyl groups is 1. The van der Waals surface area contributed by atoms with Crippen LogP contribution in [0, 0.1) is 0 Å². The molecule has 0 bridgehead atoms. The van der Waals surface area contributed by atoms with E-state index in [2.05, 4.69) is 133 Å². The maximum atomic E-state index is 11.1. The Labute approximate surface area is 273 Å². The van der Waals surface area contributed by atoms with Crippen LogP contribution in [0.3, 0.4) is 0 Å². The monoisotopic (exact) mass is 607 g/mol. The van der Waals surface area contributed by atoms with Crippen molar-refractivity contribution >= 4 is 11.0 Å². The number of benzene rings is 4. The number of hydrogen-bond donors (Lipinski definition) is 1. The van der Waals surface area contributed by atoms with Gasteiger partial charge < -0.3 is 5.11 Å². The molecule has 4 heteroatoms. The number of nitrogens with zero attached hydrogens (tertiary/aromatic N) is 3. The molecule has 0 spiro atoms. The summed E-state index contributed by atoms with van der Waals surface area (Å²) < 4.78 is 2.23. The topological polar surface area (TPSA) is 50.9 Å². The van der Waals surface area contributed by atoms with E-state index in [1.165, 1.54) is 16.7 Å². The number of phenols is 1. The van der Waals surface area contributed by atoms with Gasteiger partial charge in [0.15, 0.2) is 0 Å². The van der Waals surface area contributed by atoms with Crippen LogP contribution in [0.25, 0.3) is 50.5 Å². The lowest BCUT2D eigenvalue weighted by molar-refractivity contribution is 0.477. The average Bonchev–Trinajstić information content (AvgIpc) is 3.39. The van der Waals surface area contributed by atoms with Gasteiger partial charge in [-0.1, -0.05) is 105 Å². The number of fused-ring (bicyclic) bond motifs is 1. The Kier molecular flexibility index (Phi) is 7.67. The number of aromatic nitrogens is 3. The van der Waals surface area contributed by atoms with E-state index in [1.807, 2.05) is 36.5 Å². The van der Waals surface area contributed by atoms with Gasteiger partial charge in [-0.25, -0.2) is 4.98 Å². The van der Waals surface area contributed by atoms with Crippen molar-refractivity contribution in [2.75, 3.05) is 0 Å². The molecular weight excluding hydrogens is 562 g/mol. The minimum atomic E-state index is -0.0649. The van der Waals surface area contributed by atoms with E-state index in [1.54, 1.807) is 6.07 Å². The quantitative estimate of drug-likeness (QED) is 0.217. The van der Waals surface area contributed by atoms with Crippen molar-refractivity contribution in [1.29, 1.82) is 0 Å². The number of rotatable bonds is 4. The molecule has 2 heterocycles. The van der Waals surface area contributed by atoms with Gasteiger partial charge in [-0.05, 0) is 93.1 Å². The molecule has 6 aromatic rings. The largest absolute Gasteiger partial charge is 0.507 e. The normalized spacial score (nSPS) is 12.5. The van der Waals surface area contributed by atoms with Crippen molar-refractivity contribution < 1.29 is 5.11 Å². The van der Waals surface area contributed by atoms with E-state index in [9.17, 15) is 5.11 Å². The Morgan fingerprint density at radius 3 is 1.76 bits per heavy atom. The van der Waals surface area contributed by atoms with E-state index in [0.29, 0.717) is 11.4 Å². The van der Waals surface area contributed by atoms with Crippen molar-refractivity contribution in [2.45, 2.75) is 78.6 Å².